The van der Waals surface area contributed by atoms with E-state index in [4.69, 9.17) is 4.42 Å². The summed E-state index contributed by atoms with van der Waals surface area (Å²) in [6.45, 7) is 3.54. The van der Waals surface area contributed by atoms with Crippen molar-refractivity contribution in [1.29, 1.82) is 0 Å². The molecular weight excluding hydrogens is 336 g/mol. The van der Waals surface area contributed by atoms with Crippen molar-refractivity contribution in [2.75, 3.05) is 18.8 Å². The molecule has 1 atom stereocenters. The van der Waals surface area contributed by atoms with Crippen LogP contribution in [0.5, 0.6) is 0 Å². The third-order valence-corrected chi connectivity index (χ3v) is 5.22. The Morgan fingerprint density at radius 1 is 1.32 bits per heavy atom. The topological polar surface area (TPSA) is 62.6 Å². The van der Waals surface area contributed by atoms with Crippen molar-refractivity contribution >= 4 is 23.6 Å². The van der Waals surface area contributed by atoms with Crippen LogP contribution in [0.3, 0.4) is 0 Å². The van der Waals surface area contributed by atoms with Gasteiger partial charge < -0.3 is 14.6 Å². The number of nitrogens with zero attached hydrogens (tertiary/aromatic N) is 1. The summed E-state index contributed by atoms with van der Waals surface area (Å²) in [6.07, 6.45) is 1.86. The molecule has 1 aromatic carbocycles. The Labute approximate surface area is 151 Å². The van der Waals surface area contributed by atoms with E-state index in [1.54, 1.807) is 29.0 Å². The highest BCUT2D eigenvalue weighted by Crippen LogP contribution is 2.21. The van der Waals surface area contributed by atoms with Gasteiger partial charge in [-0.05, 0) is 31.2 Å². The molecule has 3 rings (SSSR count). The van der Waals surface area contributed by atoms with Gasteiger partial charge in [-0.25, -0.2) is 0 Å². The van der Waals surface area contributed by atoms with Gasteiger partial charge in [-0.3, -0.25) is 9.59 Å². The number of rotatable bonds is 7. The zero-order chi connectivity index (χ0) is 17.6. The van der Waals surface area contributed by atoms with Gasteiger partial charge in [0.2, 0.25) is 11.8 Å². The highest BCUT2D eigenvalue weighted by molar-refractivity contribution is 7.99. The lowest BCUT2D eigenvalue weighted by Crippen LogP contribution is -2.34. The van der Waals surface area contributed by atoms with E-state index in [2.05, 4.69) is 36.5 Å². The van der Waals surface area contributed by atoms with E-state index in [-0.39, 0.29) is 24.2 Å². The van der Waals surface area contributed by atoms with E-state index in [0.717, 1.165) is 11.5 Å². The molecule has 0 radical (unpaired) electrons. The lowest BCUT2D eigenvalue weighted by atomic mass is 10.1. The molecule has 1 saturated heterocycles. The number of carbonyl (C=O) groups is 2. The second kappa shape index (κ2) is 8.25. The van der Waals surface area contributed by atoms with Gasteiger partial charge in [0.15, 0.2) is 0 Å². The van der Waals surface area contributed by atoms with Crippen LogP contribution >= 0.6 is 11.8 Å². The molecule has 2 amide bonds. The van der Waals surface area contributed by atoms with Gasteiger partial charge >= 0.3 is 0 Å². The standard InChI is InChI=1S/C19H22N2O3S/c1-14-4-6-17(7-5-14)25-10-8-20-19(23)15-11-18(22)21(12-15)13-16-3-2-9-24-16/h2-7,9,15H,8,10-13H2,1H3,(H,20,23)/t15-/m0/s1. The normalized spacial score (nSPS) is 17.1. The second-order valence-electron chi connectivity index (χ2n) is 6.21. The van der Waals surface area contributed by atoms with E-state index >= 15 is 0 Å². The van der Waals surface area contributed by atoms with Crippen molar-refractivity contribution in [1.82, 2.24) is 10.2 Å². The molecule has 2 aromatic rings. The molecule has 1 aliphatic heterocycles. The fourth-order valence-electron chi connectivity index (χ4n) is 2.81. The van der Waals surface area contributed by atoms with Gasteiger partial charge in [-0.15, -0.1) is 11.8 Å². The summed E-state index contributed by atoms with van der Waals surface area (Å²) in [7, 11) is 0. The number of hydrogen-bond acceptors (Lipinski definition) is 4. The molecule has 0 aliphatic carbocycles. The van der Waals surface area contributed by atoms with E-state index in [0.29, 0.717) is 19.6 Å². The van der Waals surface area contributed by atoms with Crippen LogP contribution in [0.25, 0.3) is 0 Å². The third-order valence-electron chi connectivity index (χ3n) is 4.20. The molecule has 6 heteroatoms. The maximum Gasteiger partial charge on any atom is 0.225 e. The number of nitrogens with one attached hydrogen (secondary N) is 1. The van der Waals surface area contributed by atoms with E-state index in [9.17, 15) is 9.59 Å². The quantitative estimate of drug-likeness (QED) is 0.611. The van der Waals surface area contributed by atoms with Gasteiger partial charge in [0.05, 0.1) is 18.7 Å². The fourth-order valence-corrected chi connectivity index (χ4v) is 3.58. The first-order valence-electron chi connectivity index (χ1n) is 8.39. The second-order valence-corrected chi connectivity index (χ2v) is 7.38. The number of amides is 2. The lowest BCUT2D eigenvalue weighted by Gasteiger charge is -2.15. The fraction of sp³-hybridized carbons (Fsp3) is 0.368. The smallest absolute Gasteiger partial charge is 0.225 e. The van der Waals surface area contributed by atoms with E-state index < -0.39 is 0 Å². The van der Waals surface area contributed by atoms with Crippen LogP contribution < -0.4 is 5.32 Å². The molecule has 1 aliphatic rings. The Hall–Kier alpha value is -2.21. The van der Waals surface area contributed by atoms with E-state index in [1.807, 2.05) is 6.07 Å². The highest BCUT2D eigenvalue weighted by atomic mass is 32.2. The number of furan rings is 1. The Bertz CT molecular complexity index is 713. The molecule has 25 heavy (non-hydrogen) atoms. The number of aryl methyl sites for hydroxylation is 1. The minimum absolute atomic E-state index is 0.00517. The number of benzene rings is 1. The van der Waals surface area contributed by atoms with Crippen LogP contribution in [0.1, 0.15) is 17.7 Å². The Balaban J connectivity index is 1.39. The summed E-state index contributed by atoms with van der Waals surface area (Å²) in [4.78, 5) is 27.2. The predicted octanol–water partition coefficient (Wildman–Crippen LogP) is 2.85. The van der Waals surface area contributed by atoms with Crippen LogP contribution in [-0.4, -0.2) is 35.6 Å². The number of likely N-dealkylation sites (tertiary alicyclic amines) is 1. The molecular formula is C19H22N2O3S. The van der Waals surface area contributed by atoms with Crippen LogP contribution in [0, 0.1) is 12.8 Å². The lowest BCUT2D eigenvalue weighted by molar-refractivity contribution is -0.129. The molecule has 1 aromatic heterocycles. The zero-order valence-corrected chi connectivity index (χ0v) is 15.1. The molecule has 0 unspecified atom stereocenters. The average molecular weight is 358 g/mol. The third kappa shape index (κ3) is 4.89. The van der Waals surface area contributed by atoms with Crippen molar-refractivity contribution < 1.29 is 14.0 Å². The van der Waals surface area contributed by atoms with E-state index in [1.165, 1.54) is 10.5 Å². The largest absolute Gasteiger partial charge is 0.467 e. The summed E-state index contributed by atoms with van der Waals surface area (Å²) in [5.41, 5.74) is 1.24. The molecule has 1 N–H and O–H groups in total. The maximum absolute atomic E-state index is 12.3. The molecule has 1 fully saturated rings. The van der Waals surface area contributed by atoms with Crippen molar-refractivity contribution in [3.63, 3.8) is 0 Å². The van der Waals surface area contributed by atoms with Gasteiger partial charge in [0, 0.05) is 30.2 Å². The SMILES string of the molecule is Cc1ccc(SCCNC(=O)[C@H]2CC(=O)N(Cc3ccco3)C2)cc1. The van der Waals surface area contributed by atoms with Gasteiger partial charge in [-0.2, -0.15) is 0 Å². The molecule has 0 spiro atoms. The van der Waals surface area contributed by atoms with Crippen LogP contribution in [0.4, 0.5) is 0 Å². The predicted molar refractivity (Wildman–Crippen MR) is 97.1 cm³/mol. The summed E-state index contributed by atoms with van der Waals surface area (Å²) >= 11 is 1.71. The monoisotopic (exact) mass is 358 g/mol. The number of carbonyl (C=O) groups excluding carboxylic acids is 2. The molecule has 132 valence electrons. The summed E-state index contributed by atoms with van der Waals surface area (Å²) in [6, 6.07) is 12.0. The van der Waals surface area contributed by atoms with Crippen LogP contribution in [-0.2, 0) is 16.1 Å². The van der Waals surface area contributed by atoms with Crippen molar-refractivity contribution in [3.05, 3.63) is 54.0 Å². The highest BCUT2D eigenvalue weighted by Gasteiger charge is 2.34. The molecule has 5 nitrogen and oxygen atoms in total. The Morgan fingerprint density at radius 2 is 2.12 bits per heavy atom. The first-order valence-corrected chi connectivity index (χ1v) is 9.38. The molecule has 2 heterocycles. The Kier molecular flexibility index (Phi) is 5.81. The van der Waals surface area contributed by atoms with Crippen molar-refractivity contribution in [3.8, 4) is 0 Å². The van der Waals surface area contributed by atoms with Gasteiger partial charge in [-0.1, -0.05) is 17.7 Å². The first-order chi connectivity index (χ1) is 12.1. The number of hydrogen-bond donors (Lipinski definition) is 1. The Morgan fingerprint density at radius 3 is 2.84 bits per heavy atom. The molecule has 0 saturated carbocycles. The van der Waals surface area contributed by atoms with Crippen molar-refractivity contribution in [2.45, 2.75) is 24.8 Å². The minimum atomic E-state index is -0.271. The summed E-state index contributed by atoms with van der Waals surface area (Å²) in [5, 5.41) is 2.94. The summed E-state index contributed by atoms with van der Waals surface area (Å²) < 4.78 is 5.27. The number of thioether (sulfide) groups is 1. The summed E-state index contributed by atoms with van der Waals surface area (Å²) in [5.74, 6) is 1.24. The average Bonchev–Trinajstić information content (AvgIpc) is 3.24. The molecule has 0 bridgehead atoms. The van der Waals surface area contributed by atoms with Gasteiger partial charge in [0.1, 0.15) is 5.76 Å². The zero-order valence-electron chi connectivity index (χ0n) is 14.2. The van der Waals surface area contributed by atoms with Crippen molar-refractivity contribution in [2.24, 2.45) is 5.92 Å². The van der Waals surface area contributed by atoms with Crippen LogP contribution in [0.2, 0.25) is 0 Å². The van der Waals surface area contributed by atoms with Crippen LogP contribution in [0.15, 0.2) is 52.0 Å². The minimum Gasteiger partial charge on any atom is -0.467 e. The maximum atomic E-state index is 12.3. The van der Waals surface area contributed by atoms with Gasteiger partial charge in [0.25, 0.3) is 0 Å². The first kappa shape index (κ1) is 17.6.